The lowest BCUT2D eigenvalue weighted by Gasteiger charge is -2.30. The molecule has 0 bridgehead atoms. The van der Waals surface area contributed by atoms with Crippen LogP contribution in [0.1, 0.15) is 33.3 Å². The molecule has 1 rings (SSSR count). The number of aromatic nitrogens is 1. The Hall–Kier alpha value is -1.29. The minimum atomic E-state index is 0.523. The zero-order valence-electron chi connectivity index (χ0n) is 12.1. The number of anilines is 1. The molecular formula is C14H25N3O. The van der Waals surface area contributed by atoms with E-state index in [4.69, 9.17) is 10.5 Å². The van der Waals surface area contributed by atoms with Crippen molar-refractivity contribution in [2.75, 3.05) is 18.9 Å². The summed E-state index contributed by atoms with van der Waals surface area (Å²) in [5.74, 6) is 0.647. The highest BCUT2D eigenvalue weighted by atomic mass is 16.5. The molecule has 0 saturated heterocycles. The number of nitrogens with zero attached hydrogens (tertiary/aromatic N) is 2. The van der Waals surface area contributed by atoms with E-state index in [1.54, 1.807) is 6.20 Å². The molecule has 0 amide bonds. The molecular weight excluding hydrogens is 226 g/mol. The Labute approximate surface area is 110 Å². The summed E-state index contributed by atoms with van der Waals surface area (Å²) in [6.07, 6.45) is 1.65. The van der Waals surface area contributed by atoms with E-state index >= 15 is 0 Å². The van der Waals surface area contributed by atoms with Crippen molar-refractivity contribution >= 4 is 5.69 Å². The van der Waals surface area contributed by atoms with Gasteiger partial charge in [0.1, 0.15) is 6.61 Å². The summed E-state index contributed by atoms with van der Waals surface area (Å²) in [6.45, 7) is 12.3. The fourth-order valence-corrected chi connectivity index (χ4v) is 1.99. The van der Waals surface area contributed by atoms with Crippen LogP contribution in [0.15, 0.2) is 12.3 Å². The van der Waals surface area contributed by atoms with E-state index in [1.165, 1.54) is 0 Å². The van der Waals surface area contributed by atoms with Gasteiger partial charge in [0.25, 0.3) is 0 Å². The monoisotopic (exact) mass is 251 g/mol. The molecule has 18 heavy (non-hydrogen) atoms. The number of nitrogens with two attached hydrogens (primary N) is 1. The second kappa shape index (κ2) is 6.59. The quantitative estimate of drug-likeness (QED) is 0.844. The number of hydrogen-bond donors (Lipinski definition) is 1. The molecule has 0 unspecified atom stereocenters. The van der Waals surface area contributed by atoms with Gasteiger partial charge < -0.3 is 10.5 Å². The molecule has 0 fully saturated rings. The first kappa shape index (κ1) is 14.8. The van der Waals surface area contributed by atoms with Crippen molar-refractivity contribution in [3.63, 3.8) is 0 Å². The van der Waals surface area contributed by atoms with Gasteiger partial charge in [-0.15, -0.1) is 0 Å². The van der Waals surface area contributed by atoms with Gasteiger partial charge in [-0.05, 0) is 40.2 Å². The summed E-state index contributed by atoms with van der Waals surface area (Å²) in [6, 6.07) is 2.93. The molecule has 0 aliphatic rings. The Kier molecular flexibility index (Phi) is 5.41. The molecule has 0 radical (unpaired) electrons. The highest BCUT2D eigenvalue weighted by molar-refractivity contribution is 5.45. The average molecular weight is 251 g/mol. The van der Waals surface area contributed by atoms with E-state index in [1.807, 2.05) is 13.0 Å². The zero-order chi connectivity index (χ0) is 13.7. The summed E-state index contributed by atoms with van der Waals surface area (Å²) in [5, 5.41) is 0. The summed E-state index contributed by atoms with van der Waals surface area (Å²) >= 11 is 0. The van der Waals surface area contributed by atoms with Crippen molar-refractivity contribution in [1.82, 2.24) is 9.88 Å². The maximum Gasteiger partial charge on any atom is 0.213 e. The van der Waals surface area contributed by atoms with Crippen LogP contribution in [-0.4, -0.2) is 35.1 Å². The lowest BCUT2D eigenvalue weighted by Crippen LogP contribution is -2.39. The van der Waals surface area contributed by atoms with Crippen LogP contribution in [0.3, 0.4) is 0 Å². The van der Waals surface area contributed by atoms with Crippen LogP contribution in [0.25, 0.3) is 0 Å². The molecule has 1 aromatic rings. The number of aryl methyl sites for hydroxylation is 1. The van der Waals surface area contributed by atoms with E-state index in [2.05, 4.69) is 37.6 Å². The predicted molar refractivity (Wildman–Crippen MR) is 75.9 cm³/mol. The van der Waals surface area contributed by atoms with Crippen molar-refractivity contribution in [3.8, 4) is 5.88 Å². The average Bonchev–Trinajstić information content (AvgIpc) is 2.28. The standard InChI is InChI=1S/C14H25N3O/c1-10(2)17(11(3)4)6-7-18-14-8-12(5)13(15)9-16-14/h8-11H,6-7,15H2,1-5H3. The Bertz CT molecular complexity index is 369. The van der Waals surface area contributed by atoms with Crippen LogP contribution in [0.4, 0.5) is 5.69 Å². The molecule has 4 heteroatoms. The minimum Gasteiger partial charge on any atom is -0.476 e. The number of rotatable bonds is 6. The van der Waals surface area contributed by atoms with Crippen molar-refractivity contribution in [2.45, 2.75) is 46.7 Å². The molecule has 0 aromatic carbocycles. The Morgan fingerprint density at radius 1 is 1.28 bits per heavy atom. The van der Waals surface area contributed by atoms with Gasteiger partial charge in [0, 0.05) is 24.7 Å². The Balaban J connectivity index is 2.47. The molecule has 0 aliphatic heterocycles. The van der Waals surface area contributed by atoms with Crippen molar-refractivity contribution in [1.29, 1.82) is 0 Å². The second-order valence-corrected chi connectivity index (χ2v) is 5.15. The molecule has 0 spiro atoms. The lowest BCUT2D eigenvalue weighted by atomic mass is 10.2. The van der Waals surface area contributed by atoms with Crippen LogP contribution in [-0.2, 0) is 0 Å². The van der Waals surface area contributed by atoms with Crippen molar-refractivity contribution < 1.29 is 4.74 Å². The van der Waals surface area contributed by atoms with E-state index in [-0.39, 0.29) is 0 Å². The van der Waals surface area contributed by atoms with Gasteiger partial charge in [-0.2, -0.15) is 0 Å². The third kappa shape index (κ3) is 4.18. The largest absolute Gasteiger partial charge is 0.476 e. The molecule has 1 heterocycles. The maximum atomic E-state index is 5.72. The number of pyridine rings is 1. The molecule has 0 saturated carbocycles. The third-order valence-electron chi connectivity index (χ3n) is 3.05. The summed E-state index contributed by atoms with van der Waals surface area (Å²) < 4.78 is 5.66. The third-order valence-corrected chi connectivity index (χ3v) is 3.05. The highest BCUT2D eigenvalue weighted by Gasteiger charge is 2.12. The number of nitrogen functional groups attached to an aromatic ring is 1. The molecule has 1 aromatic heterocycles. The first-order valence-electron chi connectivity index (χ1n) is 6.52. The SMILES string of the molecule is Cc1cc(OCCN(C(C)C)C(C)C)ncc1N. The molecule has 102 valence electrons. The second-order valence-electron chi connectivity index (χ2n) is 5.15. The van der Waals surface area contributed by atoms with Gasteiger partial charge in [0.2, 0.25) is 5.88 Å². The maximum absolute atomic E-state index is 5.72. The zero-order valence-corrected chi connectivity index (χ0v) is 12.1. The van der Waals surface area contributed by atoms with Gasteiger partial charge in [-0.25, -0.2) is 4.98 Å². The predicted octanol–water partition coefficient (Wildman–Crippen LogP) is 2.47. The van der Waals surface area contributed by atoms with E-state index in [0.29, 0.717) is 30.3 Å². The topological polar surface area (TPSA) is 51.4 Å². The van der Waals surface area contributed by atoms with Crippen molar-refractivity contribution in [3.05, 3.63) is 17.8 Å². The van der Waals surface area contributed by atoms with Gasteiger partial charge in [0.15, 0.2) is 0 Å². The highest BCUT2D eigenvalue weighted by Crippen LogP contribution is 2.15. The van der Waals surface area contributed by atoms with E-state index < -0.39 is 0 Å². The molecule has 0 aliphatic carbocycles. The number of hydrogen-bond acceptors (Lipinski definition) is 4. The van der Waals surface area contributed by atoms with Gasteiger partial charge in [-0.1, -0.05) is 0 Å². The fourth-order valence-electron chi connectivity index (χ4n) is 1.99. The Morgan fingerprint density at radius 2 is 1.89 bits per heavy atom. The fraction of sp³-hybridized carbons (Fsp3) is 0.643. The van der Waals surface area contributed by atoms with Gasteiger partial charge in [0.05, 0.1) is 11.9 Å². The van der Waals surface area contributed by atoms with Crippen LogP contribution < -0.4 is 10.5 Å². The Morgan fingerprint density at radius 3 is 2.39 bits per heavy atom. The summed E-state index contributed by atoms with van der Waals surface area (Å²) in [5.41, 5.74) is 7.43. The summed E-state index contributed by atoms with van der Waals surface area (Å²) in [4.78, 5) is 6.55. The van der Waals surface area contributed by atoms with Crippen LogP contribution in [0.2, 0.25) is 0 Å². The first-order chi connectivity index (χ1) is 8.41. The minimum absolute atomic E-state index is 0.523. The van der Waals surface area contributed by atoms with E-state index in [0.717, 1.165) is 12.1 Å². The molecule has 2 N–H and O–H groups in total. The number of ether oxygens (including phenoxy) is 1. The van der Waals surface area contributed by atoms with Crippen molar-refractivity contribution in [2.24, 2.45) is 0 Å². The van der Waals surface area contributed by atoms with Crippen LogP contribution in [0.5, 0.6) is 5.88 Å². The first-order valence-corrected chi connectivity index (χ1v) is 6.52. The van der Waals surface area contributed by atoms with Gasteiger partial charge in [-0.3, -0.25) is 4.90 Å². The van der Waals surface area contributed by atoms with E-state index in [9.17, 15) is 0 Å². The smallest absolute Gasteiger partial charge is 0.213 e. The lowest BCUT2D eigenvalue weighted by molar-refractivity contribution is 0.140. The van der Waals surface area contributed by atoms with Gasteiger partial charge >= 0.3 is 0 Å². The normalized spacial score (nSPS) is 11.6. The summed E-state index contributed by atoms with van der Waals surface area (Å²) in [7, 11) is 0. The van der Waals surface area contributed by atoms with Crippen LogP contribution in [0, 0.1) is 6.92 Å². The molecule has 4 nitrogen and oxygen atoms in total. The molecule has 0 atom stereocenters. The van der Waals surface area contributed by atoms with Crippen LogP contribution >= 0.6 is 0 Å².